The Balaban J connectivity index is 4.25. The molecule has 0 spiro atoms. The van der Waals surface area contributed by atoms with Crippen LogP contribution >= 0.6 is 0 Å². The molecule has 0 heterocycles. The van der Waals surface area contributed by atoms with Gasteiger partial charge >= 0.3 is 6.18 Å². The topological polar surface area (TPSA) is 20.2 Å². The summed E-state index contributed by atoms with van der Waals surface area (Å²) in [5, 5.41) is 9.25. The second kappa shape index (κ2) is 5.19. The average Bonchev–Trinajstić information content (AvgIpc) is 2.02. The summed E-state index contributed by atoms with van der Waals surface area (Å²) in [7, 11) is 0. The molecule has 0 aliphatic rings. The van der Waals surface area contributed by atoms with E-state index in [0.29, 0.717) is 12.3 Å². The maximum absolute atomic E-state index is 12.3. The van der Waals surface area contributed by atoms with Crippen LogP contribution in [0.5, 0.6) is 0 Å². The van der Waals surface area contributed by atoms with Gasteiger partial charge in [-0.05, 0) is 31.6 Å². The van der Waals surface area contributed by atoms with Crippen LogP contribution in [0.1, 0.15) is 47.0 Å². The van der Waals surface area contributed by atoms with E-state index in [2.05, 4.69) is 0 Å². The standard InChI is InChI=1S/C11H21F3O/c1-5-9(8(2)3)6-7-10(4,15)11(12,13)14/h8-9,15H,5-7H2,1-4H3. The molecule has 0 radical (unpaired) electrons. The molecule has 1 N–H and O–H groups in total. The molecule has 0 aliphatic carbocycles. The third-order valence-electron chi connectivity index (χ3n) is 3.08. The van der Waals surface area contributed by atoms with Gasteiger partial charge in [-0.3, -0.25) is 0 Å². The fraction of sp³-hybridized carbons (Fsp3) is 1.00. The highest BCUT2D eigenvalue weighted by molar-refractivity contribution is 4.82. The van der Waals surface area contributed by atoms with Gasteiger partial charge < -0.3 is 5.11 Å². The Labute approximate surface area is 89.7 Å². The van der Waals surface area contributed by atoms with Gasteiger partial charge in [-0.15, -0.1) is 0 Å². The van der Waals surface area contributed by atoms with E-state index in [1.54, 1.807) is 0 Å². The maximum atomic E-state index is 12.3. The highest BCUT2D eigenvalue weighted by Gasteiger charge is 2.49. The first-order valence-corrected chi connectivity index (χ1v) is 5.41. The number of hydrogen-bond donors (Lipinski definition) is 1. The summed E-state index contributed by atoms with van der Waals surface area (Å²) in [5.41, 5.74) is -2.55. The van der Waals surface area contributed by atoms with Crippen LogP contribution < -0.4 is 0 Å². The fourth-order valence-electron chi connectivity index (χ4n) is 1.62. The Morgan fingerprint density at radius 1 is 1.20 bits per heavy atom. The Bertz CT molecular complexity index is 185. The van der Waals surface area contributed by atoms with Gasteiger partial charge in [0.25, 0.3) is 0 Å². The van der Waals surface area contributed by atoms with Crippen molar-refractivity contribution in [3.8, 4) is 0 Å². The lowest BCUT2D eigenvalue weighted by atomic mass is 9.85. The number of halogens is 3. The summed E-state index contributed by atoms with van der Waals surface area (Å²) in [6.07, 6.45) is -3.47. The van der Waals surface area contributed by atoms with Gasteiger partial charge in [0.15, 0.2) is 5.60 Å². The lowest BCUT2D eigenvalue weighted by Crippen LogP contribution is -2.42. The lowest BCUT2D eigenvalue weighted by Gasteiger charge is -2.29. The van der Waals surface area contributed by atoms with Gasteiger partial charge in [0.2, 0.25) is 0 Å². The molecule has 0 aliphatic heterocycles. The summed E-state index contributed by atoms with van der Waals surface area (Å²) in [5.74, 6) is 0.609. The quantitative estimate of drug-likeness (QED) is 0.756. The number of hydrogen-bond acceptors (Lipinski definition) is 1. The molecule has 0 bridgehead atoms. The molecule has 92 valence electrons. The van der Waals surface area contributed by atoms with E-state index in [4.69, 9.17) is 0 Å². The van der Waals surface area contributed by atoms with Gasteiger partial charge in [0.1, 0.15) is 0 Å². The second-order valence-corrected chi connectivity index (χ2v) is 4.72. The van der Waals surface area contributed by atoms with E-state index in [9.17, 15) is 18.3 Å². The molecule has 0 aromatic rings. The molecule has 2 unspecified atom stereocenters. The maximum Gasteiger partial charge on any atom is 0.416 e. The average molecular weight is 226 g/mol. The predicted octanol–water partition coefficient (Wildman–Crippen LogP) is 3.76. The zero-order chi connectivity index (χ0) is 12.3. The summed E-state index contributed by atoms with van der Waals surface area (Å²) < 4.78 is 37.0. The van der Waals surface area contributed by atoms with Crippen molar-refractivity contribution in [2.45, 2.75) is 58.7 Å². The van der Waals surface area contributed by atoms with E-state index in [1.165, 1.54) is 0 Å². The molecule has 0 saturated heterocycles. The molecule has 2 atom stereocenters. The summed E-state index contributed by atoms with van der Waals surface area (Å²) in [6.45, 7) is 6.81. The van der Waals surface area contributed by atoms with Crippen molar-refractivity contribution in [2.75, 3.05) is 0 Å². The minimum atomic E-state index is -4.53. The number of rotatable bonds is 5. The van der Waals surface area contributed by atoms with Crippen LogP contribution in [-0.4, -0.2) is 16.9 Å². The molecule has 0 aromatic heterocycles. The van der Waals surface area contributed by atoms with Crippen LogP contribution in [0, 0.1) is 11.8 Å². The molecule has 0 amide bonds. The van der Waals surface area contributed by atoms with Gasteiger partial charge in [0.05, 0.1) is 0 Å². The smallest absolute Gasteiger partial charge is 0.381 e. The normalized spacial score (nSPS) is 19.0. The van der Waals surface area contributed by atoms with E-state index in [1.807, 2.05) is 20.8 Å². The highest BCUT2D eigenvalue weighted by Crippen LogP contribution is 2.35. The van der Waals surface area contributed by atoms with Crippen molar-refractivity contribution in [1.29, 1.82) is 0 Å². The van der Waals surface area contributed by atoms with Crippen LogP contribution in [0.4, 0.5) is 13.2 Å². The SMILES string of the molecule is CCC(CCC(C)(O)C(F)(F)F)C(C)C. The van der Waals surface area contributed by atoms with Crippen LogP contribution in [0.25, 0.3) is 0 Å². The molecule has 0 fully saturated rings. The van der Waals surface area contributed by atoms with Crippen LogP contribution in [-0.2, 0) is 0 Å². The predicted molar refractivity (Wildman–Crippen MR) is 54.5 cm³/mol. The van der Waals surface area contributed by atoms with Crippen molar-refractivity contribution >= 4 is 0 Å². The van der Waals surface area contributed by atoms with E-state index >= 15 is 0 Å². The lowest BCUT2D eigenvalue weighted by molar-refractivity contribution is -0.256. The first kappa shape index (κ1) is 14.8. The minimum absolute atomic E-state index is 0.215. The molecular formula is C11H21F3O. The number of aliphatic hydroxyl groups is 1. The van der Waals surface area contributed by atoms with Gasteiger partial charge in [-0.2, -0.15) is 13.2 Å². The van der Waals surface area contributed by atoms with E-state index in [0.717, 1.165) is 13.3 Å². The largest absolute Gasteiger partial charge is 0.416 e. The Hall–Kier alpha value is -0.250. The van der Waals surface area contributed by atoms with Crippen molar-refractivity contribution < 1.29 is 18.3 Å². The molecule has 4 heteroatoms. The third-order valence-corrected chi connectivity index (χ3v) is 3.08. The fourth-order valence-corrected chi connectivity index (χ4v) is 1.62. The Morgan fingerprint density at radius 3 is 1.93 bits per heavy atom. The summed E-state index contributed by atoms with van der Waals surface area (Å²) in [4.78, 5) is 0. The van der Waals surface area contributed by atoms with Crippen LogP contribution in [0.3, 0.4) is 0 Å². The molecule has 0 aromatic carbocycles. The minimum Gasteiger partial charge on any atom is -0.381 e. The van der Waals surface area contributed by atoms with Crippen LogP contribution in [0.2, 0.25) is 0 Å². The third kappa shape index (κ3) is 4.41. The molecular weight excluding hydrogens is 205 g/mol. The monoisotopic (exact) mass is 226 g/mol. The van der Waals surface area contributed by atoms with Crippen molar-refractivity contribution in [3.63, 3.8) is 0 Å². The zero-order valence-corrected chi connectivity index (χ0v) is 9.86. The van der Waals surface area contributed by atoms with E-state index in [-0.39, 0.29) is 12.3 Å². The molecule has 0 rings (SSSR count). The molecule has 0 saturated carbocycles. The van der Waals surface area contributed by atoms with Crippen molar-refractivity contribution in [2.24, 2.45) is 11.8 Å². The highest BCUT2D eigenvalue weighted by atomic mass is 19.4. The zero-order valence-electron chi connectivity index (χ0n) is 9.86. The Kier molecular flexibility index (Phi) is 5.10. The van der Waals surface area contributed by atoms with Crippen molar-refractivity contribution in [3.05, 3.63) is 0 Å². The Morgan fingerprint density at radius 2 is 1.67 bits per heavy atom. The number of alkyl halides is 3. The van der Waals surface area contributed by atoms with Gasteiger partial charge in [0, 0.05) is 0 Å². The van der Waals surface area contributed by atoms with E-state index < -0.39 is 11.8 Å². The summed E-state index contributed by atoms with van der Waals surface area (Å²) in [6, 6.07) is 0. The summed E-state index contributed by atoms with van der Waals surface area (Å²) >= 11 is 0. The van der Waals surface area contributed by atoms with Crippen molar-refractivity contribution in [1.82, 2.24) is 0 Å². The first-order chi connectivity index (χ1) is 6.62. The first-order valence-electron chi connectivity index (χ1n) is 5.41. The van der Waals surface area contributed by atoms with Gasteiger partial charge in [-0.25, -0.2) is 0 Å². The molecule has 1 nitrogen and oxygen atoms in total. The second-order valence-electron chi connectivity index (χ2n) is 4.72. The van der Waals surface area contributed by atoms with Gasteiger partial charge in [-0.1, -0.05) is 27.2 Å². The van der Waals surface area contributed by atoms with Crippen LogP contribution in [0.15, 0.2) is 0 Å². The molecule has 15 heavy (non-hydrogen) atoms.